The van der Waals surface area contributed by atoms with E-state index in [-0.39, 0.29) is 47.0 Å². The van der Waals surface area contributed by atoms with E-state index in [2.05, 4.69) is 13.0 Å². The van der Waals surface area contributed by atoms with E-state index in [1.807, 2.05) is 13.8 Å². The summed E-state index contributed by atoms with van der Waals surface area (Å²) in [5.41, 5.74) is -1.17. The minimum Gasteiger partial charge on any atom is -0.457 e. The molecule has 0 aromatic carbocycles. The highest BCUT2D eigenvalue weighted by Gasteiger charge is 2.76. The molecule has 1 heterocycles. The van der Waals surface area contributed by atoms with Crippen LogP contribution >= 0.6 is 23.2 Å². The first-order chi connectivity index (χ1) is 16.1. The van der Waals surface area contributed by atoms with E-state index >= 15 is 0 Å². The summed E-state index contributed by atoms with van der Waals surface area (Å²) in [6, 6.07) is 3.14. The Morgan fingerprint density at radius 2 is 2.06 bits per heavy atom. The Morgan fingerprint density at radius 1 is 1.29 bits per heavy atom. The Kier molecular flexibility index (Phi) is 5.82. The van der Waals surface area contributed by atoms with Crippen LogP contribution in [0.25, 0.3) is 0 Å². The van der Waals surface area contributed by atoms with Gasteiger partial charge in [-0.05, 0) is 68.9 Å². The predicted octanol–water partition coefficient (Wildman–Crippen LogP) is 5.91. The third kappa shape index (κ3) is 2.90. The Morgan fingerprint density at radius 3 is 2.74 bits per heavy atom. The average Bonchev–Trinajstić information content (AvgIpc) is 3.41. The standard InChI is InChI=1S/C27H34Cl2O5/c1-16-13-19-18-10-9-17-7-4-5-11-24(17,2)26(18,29)21(30)14-25(19,3)27(16,22(31)15-28)34-23(32)20-8-6-12-33-20/h6-8,12,16,18-19,21,30H,4-5,9-11,13-15H2,1-3H3/t16-,18+,19+,21+,24+,25+,26+,27+/m1/s1. The van der Waals surface area contributed by atoms with Crippen LogP contribution in [0.3, 0.4) is 0 Å². The van der Waals surface area contributed by atoms with Crippen molar-refractivity contribution in [3.63, 3.8) is 0 Å². The summed E-state index contributed by atoms with van der Waals surface area (Å²) in [5, 5.41) is 11.8. The quantitative estimate of drug-likeness (QED) is 0.310. The third-order valence-corrected chi connectivity index (χ3v) is 11.4. The first-order valence-electron chi connectivity index (χ1n) is 12.5. The van der Waals surface area contributed by atoms with Crippen molar-refractivity contribution in [3.05, 3.63) is 35.8 Å². The van der Waals surface area contributed by atoms with Gasteiger partial charge in [0.15, 0.2) is 11.4 Å². The van der Waals surface area contributed by atoms with Gasteiger partial charge < -0.3 is 14.3 Å². The summed E-state index contributed by atoms with van der Waals surface area (Å²) < 4.78 is 11.4. The van der Waals surface area contributed by atoms with Gasteiger partial charge in [0.05, 0.1) is 23.1 Å². The van der Waals surface area contributed by atoms with Crippen molar-refractivity contribution in [1.82, 2.24) is 0 Å². The van der Waals surface area contributed by atoms with Crippen LogP contribution < -0.4 is 0 Å². The zero-order valence-corrected chi connectivity index (χ0v) is 21.6. The molecule has 0 unspecified atom stereocenters. The number of aliphatic hydroxyl groups excluding tert-OH is 1. The molecule has 1 N–H and O–H groups in total. The van der Waals surface area contributed by atoms with Gasteiger partial charge in [-0.1, -0.05) is 32.4 Å². The van der Waals surface area contributed by atoms with Crippen molar-refractivity contribution in [2.75, 3.05) is 5.88 Å². The van der Waals surface area contributed by atoms with Crippen LogP contribution in [0, 0.1) is 28.6 Å². The second-order valence-corrected chi connectivity index (χ2v) is 12.3. The molecule has 0 spiro atoms. The lowest BCUT2D eigenvalue weighted by Crippen LogP contribution is -2.69. The number of allylic oxidation sites excluding steroid dienone is 2. The molecule has 5 nitrogen and oxygen atoms in total. The normalized spacial score (nSPS) is 45.5. The zero-order chi connectivity index (χ0) is 24.5. The van der Waals surface area contributed by atoms with Crippen molar-refractivity contribution in [2.24, 2.45) is 28.6 Å². The van der Waals surface area contributed by atoms with E-state index in [0.717, 1.165) is 32.1 Å². The van der Waals surface area contributed by atoms with Gasteiger partial charge in [0, 0.05) is 16.7 Å². The number of ketones is 1. The number of alkyl halides is 2. The second kappa shape index (κ2) is 8.11. The average molecular weight is 509 g/mol. The van der Waals surface area contributed by atoms with E-state index in [0.29, 0.717) is 6.42 Å². The van der Waals surface area contributed by atoms with Crippen LogP contribution in [-0.4, -0.2) is 39.3 Å². The van der Waals surface area contributed by atoms with Gasteiger partial charge in [-0.15, -0.1) is 23.2 Å². The Balaban J connectivity index is 1.61. The van der Waals surface area contributed by atoms with E-state index in [9.17, 15) is 14.7 Å². The molecule has 5 rings (SSSR count). The molecule has 4 aliphatic rings. The molecule has 0 saturated heterocycles. The first-order valence-corrected chi connectivity index (χ1v) is 13.4. The Bertz CT molecular complexity index is 1020. The van der Waals surface area contributed by atoms with Crippen molar-refractivity contribution in [1.29, 1.82) is 0 Å². The molecule has 0 aliphatic heterocycles. The maximum absolute atomic E-state index is 13.6. The number of fused-ring (bicyclic) bond motifs is 5. The summed E-state index contributed by atoms with van der Waals surface area (Å²) in [6.07, 6.45) is 8.72. The fourth-order valence-electron chi connectivity index (χ4n) is 8.64. The molecule has 4 aliphatic carbocycles. The molecule has 8 atom stereocenters. The van der Waals surface area contributed by atoms with Crippen LogP contribution in [0.1, 0.15) is 76.3 Å². The summed E-state index contributed by atoms with van der Waals surface area (Å²) in [4.78, 5) is 25.9. The first kappa shape index (κ1) is 24.4. The topological polar surface area (TPSA) is 76.7 Å². The summed E-state index contributed by atoms with van der Waals surface area (Å²) in [5.74, 6) is -1.47. The number of hydrogen-bond acceptors (Lipinski definition) is 5. The molecular weight excluding hydrogens is 475 g/mol. The number of esters is 1. The molecule has 3 fully saturated rings. The molecule has 1 aromatic heterocycles. The number of carbonyl (C=O) groups is 2. The van der Waals surface area contributed by atoms with Gasteiger partial charge >= 0.3 is 5.97 Å². The van der Waals surface area contributed by atoms with Gasteiger partial charge in [-0.25, -0.2) is 4.79 Å². The van der Waals surface area contributed by atoms with Crippen molar-refractivity contribution >= 4 is 35.0 Å². The molecule has 1 aromatic rings. The maximum atomic E-state index is 13.6. The van der Waals surface area contributed by atoms with E-state index in [1.165, 1.54) is 17.9 Å². The smallest absolute Gasteiger partial charge is 0.375 e. The molecular formula is C27H34Cl2O5. The number of Topliss-reactive ketones (excluding diaryl/α,β-unsaturated/α-hetero) is 1. The van der Waals surface area contributed by atoms with Crippen LogP contribution in [0.5, 0.6) is 0 Å². The van der Waals surface area contributed by atoms with E-state index < -0.39 is 28.0 Å². The molecule has 0 bridgehead atoms. The number of furan rings is 1. The molecule has 0 amide bonds. The van der Waals surface area contributed by atoms with Crippen LogP contribution in [-0.2, 0) is 9.53 Å². The van der Waals surface area contributed by atoms with Gasteiger partial charge in [-0.3, -0.25) is 4.79 Å². The van der Waals surface area contributed by atoms with Crippen LogP contribution in [0.4, 0.5) is 0 Å². The maximum Gasteiger partial charge on any atom is 0.375 e. The number of ether oxygens (including phenoxy) is 1. The molecule has 7 heteroatoms. The third-order valence-electron chi connectivity index (χ3n) is 10.2. The van der Waals surface area contributed by atoms with Gasteiger partial charge in [-0.2, -0.15) is 0 Å². The largest absolute Gasteiger partial charge is 0.457 e. The van der Waals surface area contributed by atoms with Crippen molar-refractivity contribution < 1.29 is 23.8 Å². The van der Waals surface area contributed by atoms with E-state index in [4.69, 9.17) is 32.4 Å². The minimum absolute atomic E-state index is 0.00191. The summed E-state index contributed by atoms with van der Waals surface area (Å²) >= 11 is 13.7. The highest BCUT2D eigenvalue weighted by Crippen LogP contribution is 2.72. The fraction of sp³-hybridized carbons (Fsp3) is 0.704. The zero-order valence-electron chi connectivity index (χ0n) is 20.1. The van der Waals surface area contributed by atoms with Crippen LogP contribution in [0.15, 0.2) is 34.5 Å². The number of hydrogen-bond donors (Lipinski definition) is 1. The lowest BCUT2D eigenvalue weighted by molar-refractivity contribution is -0.179. The molecule has 34 heavy (non-hydrogen) atoms. The van der Waals surface area contributed by atoms with E-state index in [1.54, 1.807) is 6.07 Å². The van der Waals surface area contributed by atoms with Gasteiger partial charge in [0.1, 0.15) is 0 Å². The number of aliphatic hydroxyl groups is 1. The number of rotatable bonds is 4. The lowest BCUT2D eigenvalue weighted by Gasteiger charge is -2.65. The van der Waals surface area contributed by atoms with Gasteiger partial charge in [0.2, 0.25) is 5.76 Å². The highest BCUT2D eigenvalue weighted by atomic mass is 35.5. The lowest BCUT2D eigenvalue weighted by atomic mass is 9.45. The van der Waals surface area contributed by atoms with Crippen LogP contribution in [0.2, 0.25) is 0 Å². The Hall–Kier alpha value is -1.30. The van der Waals surface area contributed by atoms with Crippen molar-refractivity contribution in [2.45, 2.75) is 82.3 Å². The SMILES string of the molecule is C[C@@H]1C[C@H]2[C@@H]3CCC4=CCCC[C@]4(C)[C@@]3(Cl)[C@@H](O)C[C@]2(C)[C@@]1(OC(=O)c1ccco1)C(=O)CCl. The Labute approximate surface area is 211 Å². The fourth-order valence-corrected chi connectivity index (χ4v) is 9.39. The number of carbonyl (C=O) groups excluding carboxylic acids is 2. The minimum atomic E-state index is -1.45. The summed E-state index contributed by atoms with van der Waals surface area (Å²) in [7, 11) is 0. The van der Waals surface area contributed by atoms with Crippen molar-refractivity contribution in [3.8, 4) is 0 Å². The summed E-state index contributed by atoms with van der Waals surface area (Å²) in [6.45, 7) is 6.17. The molecule has 3 saturated carbocycles. The van der Waals surface area contributed by atoms with Gasteiger partial charge in [0.25, 0.3) is 0 Å². The predicted molar refractivity (Wildman–Crippen MR) is 130 cm³/mol. The monoisotopic (exact) mass is 508 g/mol. The molecule has 186 valence electrons. The second-order valence-electron chi connectivity index (χ2n) is 11.4. The molecule has 0 radical (unpaired) electrons. The highest BCUT2D eigenvalue weighted by molar-refractivity contribution is 6.29. The number of halogens is 2.